The van der Waals surface area contributed by atoms with Gasteiger partial charge in [-0.15, -0.1) is 0 Å². The van der Waals surface area contributed by atoms with Crippen LogP contribution >= 0.6 is 0 Å². The van der Waals surface area contributed by atoms with E-state index in [2.05, 4.69) is 6.92 Å². The zero-order chi connectivity index (χ0) is 21.5. The molecule has 164 valence electrons. The van der Waals surface area contributed by atoms with Gasteiger partial charge in [0, 0.05) is 6.42 Å². The topological polar surface area (TPSA) is 93.1 Å². The molecule has 0 saturated heterocycles. The third-order valence-electron chi connectivity index (χ3n) is 4.81. The number of hydrogen-bond acceptors (Lipinski definition) is 4. The van der Waals surface area contributed by atoms with E-state index < -0.39 is 18.0 Å². The fraction of sp³-hybridized carbons (Fsp3) is 0.652. The van der Waals surface area contributed by atoms with Crippen molar-refractivity contribution >= 4 is 11.9 Å². The average molecular weight is 409 g/mol. The van der Waals surface area contributed by atoms with Crippen LogP contribution < -0.4 is 9.47 Å². The summed E-state index contributed by atoms with van der Waals surface area (Å²) in [4.78, 5) is 22.3. The molecule has 6 nitrogen and oxygen atoms in total. The van der Waals surface area contributed by atoms with E-state index >= 15 is 0 Å². The van der Waals surface area contributed by atoms with Crippen molar-refractivity contribution in [3.63, 3.8) is 0 Å². The van der Waals surface area contributed by atoms with Gasteiger partial charge in [0.15, 0.2) is 17.6 Å². The number of rotatable bonds is 17. The highest BCUT2D eigenvalue weighted by Gasteiger charge is 2.21. The molecule has 0 saturated carbocycles. The minimum atomic E-state index is -0.985. The van der Waals surface area contributed by atoms with Gasteiger partial charge in [-0.25, -0.2) is 4.79 Å². The number of carbonyl (C=O) groups is 2. The highest BCUT2D eigenvalue weighted by atomic mass is 16.5. The Hall–Kier alpha value is -2.24. The number of unbranched alkanes of at least 4 members (excludes halogenated alkanes) is 7. The van der Waals surface area contributed by atoms with Crippen molar-refractivity contribution < 1.29 is 29.3 Å². The van der Waals surface area contributed by atoms with Crippen molar-refractivity contribution in [2.45, 2.75) is 96.7 Å². The van der Waals surface area contributed by atoms with Crippen molar-refractivity contribution in [3.05, 3.63) is 24.3 Å². The van der Waals surface area contributed by atoms with Gasteiger partial charge in [-0.2, -0.15) is 0 Å². The zero-order valence-corrected chi connectivity index (χ0v) is 17.8. The molecule has 1 aromatic rings. The fourth-order valence-electron chi connectivity index (χ4n) is 3.10. The van der Waals surface area contributed by atoms with E-state index in [1.54, 1.807) is 31.2 Å². The molecule has 0 amide bonds. The Morgan fingerprint density at radius 1 is 0.862 bits per heavy atom. The molecule has 0 fully saturated rings. The lowest BCUT2D eigenvalue weighted by atomic mass is 10.1. The minimum absolute atomic E-state index is 0.0143. The molecular weight excluding hydrogens is 372 g/mol. The van der Waals surface area contributed by atoms with E-state index in [0.717, 1.165) is 19.3 Å². The number of ether oxygens (including phenoxy) is 2. The minimum Gasteiger partial charge on any atom is -0.487 e. The number of carboxylic acid groups (broad SMARTS) is 2. The van der Waals surface area contributed by atoms with Crippen LogP contribution in [0.25, 0.3) is 0 Å². The molecule has 2 N–H and O–H groups in total. The summed E-state index contributed by atoms with van der Waals surface area (Å²) in [7, 11) is 0. The maximum atomic E-state index is 11.6. The lowest BCUT2D eigenvalue weighted by Crippen LogP contribution is -2.27. The van der Waals surface area contributed by atoms with Crippen molar-refractivity contribution in [1.82, 2.24) is 0 Å². The van der Waals surface area contributed by atoms with Gasteiger partial charge >= 0.3 is 11.9 Å². The van der Waals surface area contributed by atoms with Crippen molar-refractivity contribution in [2.24, 2.45) is 0 Å². The van der Waals surface area contributed by atoms with Gasteiger partial charge in [0.25, 0.3) is 0 Å². The van der Waals surface area contributed by atoms with Crippen LogP contribution in [0.2, 0.25) is 0 Å². The quantitative estimate of drug-likeness (QED) is 0.322. The van der Waals surface area contributed by atoms with Crippen LogP contribution in [0.4, 0.5) is 0 Å². The van der Waals surface area contributed by atoms with Crippen LogP contribution in [0.3, 0.4) is 0 Å². The Kier molecular flexibility index (Phi) is 12.6. The maximum absolute atomic E-state index is 11.6. The Morgan fingerprint density at radius 3 is 1.97 bits per heavy atom. The van der Waals surface area contributed by atoms with E-state index in [-0.39, 0.29) is 12.5 Å². The van der Waals surface area contributed by atoms with Crippen molar-refractivity contribution in [3.8, 4) is 11.5 Å². The van der Waals surface area contributed by atoms with Crippen molar-refractivity contribution in [1.29, 1.82) is 0 Å². The molecule has 0 spiro atoms. The largest absolute Gasteiger partial charge is 0.487 e. The standard InChI is InChI=1S/C23H36O6/c1-3-4-5-6-7-8-9-10-15-21(23(26)27)29-20-14-12-11-13-19(20)28-18(2)16-17-22(24)25/h11-14,18,21H,3-10,15-17H2,1-2H3,(H,24,25)(H,26,27). The summed E-state index contributed by atoms with van der Waals surface area (Å²) >= 11 is 0. The molecule has 0 aliphatic carbocycles. The predicted octanol–water partition coefficient (Wildman–Crippen LogP) is 5.68. The summed E-state index contributed by atoms with van der Waals surface area (Å²) in [6.45, 7) is 3.99. The summed E-state index contributed by atoms with van der Waals surface area (Å²) in [5.41, 5.74) is 0. The van der Waals surface area contributed by atoms with Crippen molar-refractivity contribution in [2.75, 3.05) is 0 Å². The van der Waals surface area contributed by atoms with Crippen LogP contribution in [0.1, 0.15) is 84.5 Å². The maximum Gasteiger partial charge on any atom is 0.344 e. The van der Waals surface area contributed by atoms with E-state index in [4.69, 9.17) is 14.6 Å². The van der Waals surface area contributed by atoms with Gasteiger partial charge in [0.05, 0.1) is 6.10 Å². The van der Waals surface area contributed by atoms with Gasteiger partial charge in [0.2, 0.25) is 0 Å². The summed E-state index contributed by atoms with van der Waals surface area (Å²) < 4.78 is 11.5. The second-order valence-corrected chi connectivity index (χ2v) is 7.52. The molecule has 1 aromatic carbocycles. The number of carboxylic acids is 2. The van der Waals surface area contributed by atoms with Crippen LogP contribution in [0.5, 0.6) is 11.5 Å². The normalized spacial score (nSPS) is 12.9. The zero-order valence-electron chi connectivity index (χ0n) is 17.8. The third kappa shape index (κ3) is 11.4. The first-order chi connectivity index (χ1) is 13.9. The monoisotopic (exact) mass is 408 g/mol. The van der Waals surface area contributed by atoms with Gasteiger partial charge in [-0.05, 0) is 38.3 Å². The first kappa shape index (κ1) is 24.8. The molecule has 2 unspecified atom stereocenters. The first-order valence-corrected chi connectivity index (χ1v) is 10.8. The van der Waals surface area contributed by atoms with E-state index in [9.17, 15) is 14.7 Å². The SMILES string of the molecule is CCCCCCCCCCC(Oc1ccccc1OC(C)CCC(=O)O)C(=O)O. The Morgan fingerprint density at radius 2 is 1.41 bits per heavy atom. The number of aliphatic carboxylic acids is 2. The fourth-order valence-corrected chi connectivity index (χ4v) is 3.10. The molecule has 0 aliphatic heterocycles. The molecule has 0 radical (unpaired) electrons. The molecular formula is C23H36O6. The van der Waals surface area contributed by atoms with E-state index in [1.165, 1.54) is 32.1 Å². The van der Waals surface area contributed by atoms with Crippen LogP contribution in [0.15, 0.2) is 24.3 Å². The lowest BCUT2D eigenvalue weighted by molar-refractivity contribution is -0.145. The van der Waals surface area contributed by atoms with Crippen LogP contribution in [-0.2, 0) is 9.59 Å². The first-order valence-electron chi connectivity index (χ1n) is 10.8. The molecule has 6 heteroatoms. The summed E-state index contributed by atoms with van der Waals surface area (Å²) in [6, 6.07) is 6.93. The Bertz CT molecular complexity index is 601. The lowest BCUT2D eigenvalue weighted by Gasteiger charge is -2.20. The summed E-state index contributed by atoms with van der Waals surface area (Å²) in [5, 5.41) is 18.3. The summed E-state index contributed by atoms with van der Waals surface area (Å²) in [6.07, 6.45) is 8.77. The smallest absolute Gasteiger partial charge is 0.344 e. The highest BCUT2D eigenvalue weighted by Crippen LogP contribution is 2.30. The molecule has 0 bridgehead atoms. The number of benzene rings is 1. The van der Waals surface area contributed by atoms with E-state index in [1.807, 2.05) is 0 Å². The van der Waals surface area contributed by atoms with E-state index in [0.29, 0.717) is 24.3 Å². The molecule has 0 aliphatic rings. The molecule has 1 rings (SSSR count). The van der Waals surface area contributed by atoms with Crippen LogP contribution in [-0.4, -0.2) is 34.4 Å². The second kappa shape index (κ2) is 14.7. The average Bonchev–Trinajstić information content (AvgIpc) is 2.68. The van der Waals surface area contributed by atoms with Gasteiger partial charge < -0.3 is 19.7 Å². The van der Waals surface area contributed by atoms with Gasteiger partial charge in [-0.1, -0.05) is 64.0 Å². The molecule has 0 heterocycles. The molecule has 29 heavy (non-hydrogen) atoms. The Balaban J connectivity index is 2.50. The summed E-state index contributed by atoms with van der Waals surface area (Å²) in [5.74, 6) is -1.04. The number of hydrogen-bond donors (Lipinski definition) is 2. The molecule has 2 atom stereocenters. The molecule has 0 aromatic heterocycles. The Labute approximate surface area is 174 Å². The second-order valence-electron chi connectivity index (χ2n) is 7.52. The third-order valence-corrected chi connectivity index (χ3v) is 4.81. The van der Waals surface area contributed by atoms with Gasteiger partial charge in [0.1, 0.15) is 0 Å². The van der Waals surface area contributed by atoms with Gasteiger partial charge in [-0.3, -0.25) is 4.79 Å². The number of para-hydroxylation sites is 2. The van der Waals surface area contributed by atoms with Crippen LogP contribution in [0, 0.1) is 0 Å². The predicted molar refractivity (Wildman–Crippen MR) is 113 cm³/mol. The highest BCUT2D eigenvalue weighted by molar-refractivity contribution is 5.72.